The van der Waals surface area contributed by atoms with E-state index in [1.54, 1.807) is 13.7 Å². The molecule has 0 aliphatic rings. The summed E-state index contributed by atoms with van der Waals surface area (Å²) < 4.78 is 17.2. The molecule has 0 heterocycles. The normalized spacial score (nSPS) is 7.39. The van der Waals surface area contributed by atoms with E-state index in [9.17, 15) is 0 Å². The number of hydrogen-bond donors (Lipinski definition) is 4. The van der Waals surface area contributed by atoms with Gasteiger partial charge in [-0.3, -0.25) is 4.89 Å². The predicted octanol–water partition coefficient (Wildman–Crippen LogP) is 18.6. The number of rotatable bonds is 6. The Labute approximate surface area is 475 Å². The van der Waals surface area contributed by atoms with Crippen LogP contribution in [0.4, 0.5) is 0 Å². The van der Waals surface area contributed by atoms with Gasteiger partial charge in [-0.15, -0.1) is 0 Å². The summed E-state index contributed by atoms with van der Waals surface area (Å²) in [6, 6.07) is 42.1. The van der Waals surface area contributed by atoms with Gasteiger partial charge in [0.1, 0.15) is 0 Å². The zero-order chi connectivity index (χ0) is 63.1. The summed E-state index contributed by atoms with van der Waals surface area (Å²) in [5.41, 5.74) is 5.66. The van der Waals surface area contributed by atoms with Crippen molar-refractivity contribution in [1.82, 2.24) is 0 Å². The van der Waals surface area contributed by atoms with Gasteiger partial charge in [0.05, 0.1) is 0 Å². The number of carbonyl (C=O) groups excluding carboxylic acids is 6. The van der Waals surface area contributed by atoms with Crippen LogP contribution < -0.4 is 0 Å². The second-order valence-corrected chi connectivity index (χ2v) is 15.5. The lowest BCUT2D eigenvalue weighted by molar-refractivity contribution is -0.193. The third-order valence-corrected chi connectivity index (χ3v) is 6.82. The van der Waals surface area contributed by atoms with Crippen molar-refractivity contribution in [2.24, 2.45) is 0 Å². The van der Waals surface area contributed by atoms with E-state index >= 15 is 0 Å². The zero-order valence-electron chi connectivity index (χ0n) is 52.5. The molecule has 0 amide bonds. The molecule has 0 unspecified atom stereocenters. The van der Waals surface area contributed by atoms with Crippen LogP contribution in [0, 0.1) is 0 Å². The van der Waals surface area contributed by atoms with E-state index in [0.717, 1.165) is 6.32 Å². The van der Waals surface area contributed by atoms with Crippen LogP contribution in [-0.4, -0.2) is 52.5 Å². The molecule has 0 saturated carbocycles. The van der Waals surface area contributed by atoms with Gasteiger partial charge >= 0.3 is 33.5 Å². The van der Waals surface area contributed by atoms with Crippen LogP contribution in [0.5, 0.6) is 0 Å². The summed E-state index contributed by atoms with van der Waals surface area (Å²) in [6.07, 6.45) is 5.78. The van der Waals surface area contributed by atoms with E-state index in [4.69, 9.17) is 57.9 Å². The highest BCUT2D eigenvalue weighted by molar-refractivity contribution is 7.23. The quantitative estimate of drug-likeness (QED) is 0.105. The molecule has 12 nitrogen and oxygen atoms in total. The molecule has 0 aliphatic carbocycles. The number of benzene rings is 4. The van der Waals surface area contributed by atoms with E-state index in [2.05, 4.69) is 194 Å². The molecule has 0 saturated heterocycles. The first-order chi connectivity index (χ1) is 36.0. The summed E-state index contributed by atoms with van der Waals surface area (Å²) >= 11 is 0. The van der Waals surface area contributed by atoms with Crippen LogP contribution in [0.15, 0.2) is 121 Å². The molecule has 4 rings (SSSR count). The summed E-state index contributed by atoms with van der Waals surface area (Å²) in [7, 11) is -4.24. The van der Waals surface area contributed by atoms with Gasteiger partial charge in [-0.1, -0.05) is 327 Å². The van der Waals surface area contributed by atoms with Gasteiger partial charge in [0.15, 0.2) is 0 Å². The fourth-order valence-corrected chi connectivity index (χ4v) is 3.35. The molecular formula is C62H117B2O12P. The largest absolute Gasteiger partial charge is 0.465 e. The van der Waals surface area contributed by atoms with Gasteiger partial charge in [-0.25, -0.2) is 9.13 Å². The maximum absolute atomic E-state index is 8.59. The Hall–Kier alpha value is -5.11. The van der Waals surface area contributed by atoms with Crippen molar-refractivity contribution in [2.45, 2.75) is 236 Å². The van der Waals surface area contributed by atoms with Crippen molar-refractivity contribution in [3.63, 3.8) is 0 Å². The van der Waals surface area contributed by atoms with Crippen molar-refractivity contribution in [1.29, 1.82) is 0 Å². The third-order valence-electron chi connectivity index (χ3n) is 6.82. The van der Waals surface area contributed by atoms with Crippen molar-refractivity contribution >= 4 is 40.4 Å². The Balaban J connectivity index is -0.0000000471. The highest BCUT2D eigenvalue weighted by Crippen LogP contribution is 2.14. The highest BCUT2D eigenvalue weighted by Gasteiger charge is 1.97. The molecule has 0 radical (unpaired) electrons. The van der Waals surface area contributed by atoms with Crippen molar-refractivity contribution < 1.29 is 57.9 Å². The predicted molar refractivity (Wildman–Crippen MR) is 333 cm³/mol. The van der Waals surface area contributed by atoms with Gasteiger partial charge in [0.2, 0.25) is 0 Å². The van der Waals surface area contributed by atoms with Crippen LogP contribution in [-0.2, 0) is 37.9 Å². The molecule has 0 spiro atoms. The minimum atomic E-state index is -3.12. The van der Waals surface area contributed by atoms with E-state index in [1.165, 1.54) is 41.5 Å². The van der Waals surface area contributed by atoms with Crippen LogP contribution in [0.2, 0.25) is 19.5 Å². The van der Waals surface area contributed by atoms with E-state index in [1.807, 2.05) is 86.6 Å². The minimum Gasteiger partial charge on any atom is -0.451 e. The smallest absolute Gasteiger partial charge is 0.451 e. The first-order valence-electron chi connectivity index (χ1n) is 27.0. The fraction of sp³-hybridized carbons (Fsp3) is 0.565. The minimum absolute atomic E-state index is 0. The maximum Gasteiger partial charge on any atom is 0.465 e. The Morgan fingerprint density at radius 2 is 0.468 bits per heavy atom. The summed E-state index contributed by atoms with van der Waals surface area (Å²) in [5.74, 6) is 2.63. The molecule has 15 heteroatoms. The molecule has 77 heavy (non-hydrogen) atoms. The Bertz CT molecular complexity index is 1440. The lowest BCUT2D eigenvalue weighted by atomic mass is 9.69. The summed E-state index contributed by atoms with van der Waals surface area (Å²) in [5, 5.41) is 24.2. The van der Waals surface area contributed by atoms with E-state index < -0.39 is 15.0 Å². The van der Waals surface area contributed by atoms with Gasteiger partial charge < -0.3 is 15.1 Å². The molecule has 0 bridgehead atoms. The van der Waals surface area contributed by atoms with Crippen molar-refractivity contribution in [2.75, 3.05) is 0 Å². The van der Waals surface area contributed by atoms with Gasteiger partial charge in [-0.05, 0) is 52.2 Å². The number of hydrogen-bond acceptors (Lipinski definition) is 11. The highest BCUT2D eigenvalue weighted by atomic mass is 31.1. The van der Waals surface area contributed by atoms with Crippen LogP contribution in [0.1, 0.15) is 239 Å². The third kappa shape index (κ3) is 153. The Morgan fingerprint density at radius 3 is 0.506 bits per heavy atom. The lowest BCUT2D eigenvalue weighted by Crippen LogP contribution is -2.06. The van der Waals surface area contributed by atoms with E-state index in [0.29, 0.717) is 30.0 Å². The zero-order valence-corrected chi connectivity index (χ0v) is 53.4. The first-order valence-corrected chi connectivity index (χ1v) is 28.2. The van der Waals surface area contributed by atoms with Crippen LogP contribution >= 0.6 is 7.91 Å². The van der Waals surface area contributed by atoms with Gasteiger partial charge in [-0.2, -0.15) is 28.8 Å². The fourth-order valence-electron chi connectivity index (χ4n) is 3.35. The Kier molecular flexibility index (Phi) is 155. The second kappa shape index (κ2) is 111. The molecule has 0 aliphatic heterocycles. The summed E-state index contributed by atoms with van der Waals surface area (Å²) in [6.45, 7) is 51.7. The van der Waals surface area contributed by atoms with Gasteiger partial charge in [0.25, 0.3) is 6.92 Å². The summed E-state index contributed by atoms with van der Waals surface area (Å²) in [4.78, 5) is 55.8. The topological polar surface area (TPSA) is 217 Å². The molecule has 0 fully saturated rings. The van der Waals surface area contributed by atoms with E-state index in [-0.39, 0.29) is 32.8 Å². The van der Waals surface area contributed by atoms with Crippen LogP contribution in [0.25, 0.3) is 0 Å². The molecule has 0 aromatic heterocycles. The average Bonchev–Trinajstić information content (AvgIpc) is 3.42. The molecule has 0 atom stereocenters. The molecular weight excluding hydrogens is 989 g/mol. The van der Waals surface area contributed by atoms with Crippen molar-refractivity contribution in [3.05, 3.63) is 144 Å². The standard InChI is InChI=1S/4C9H12.C3H9BO.3C3H8.C2H7BO2.4C2H6.3CO2.CH4.HO3P/c4*1-8(2)9-6-4-3-5-7-9;1-3-4(2)5;3*1-3-2;1-2-3(4)5;4*1-2;3*2-1-3;;1-4(2)3/h4*3-8H,1-2H3;5H,3H2,1-2H3;3*3H2,1-2H3;4-5H,2H2,1H3;4*1-2H3;;;;1H4;(H,1,2,3). The maximum atomic E-state index is 8.59. The molecule has 4 aromatic carbocycles. The monoisotopic (exact) mass is 1110 g/mol. The second-order valence-electron chi connectivity index (χ2n) is 15.0. The SMILES string of the molecule is C.CC.CC.CC.CC.CC(C)c1ccccc1.CC(C)c1ccccc1.CC(C)c1ccccc1.CC(C)c1ccccc1.CCB(C)O.CCB(O)O.CCC.CCC.CCC.O=C=O.O=C=O.O=C=O.O=P(=O)O. The van der Waals surface area contributed by atoms with Crippen molar-refractivity contribution in [3.8, 4) is 0 Å². The Morgan fingerprint density at radius 1 is 0.377 bits per heavy atom. The molecule has 4 N–H and O–H groups in total. The lowest BCUT2D eigenvalue weighted by Gasteiger charge is -2.01. The first kappa shape index (κ1) is 108. The van der Waals surface area contributed by atoms with Crippen LogP contribution in [0.3, 0.4) is 0 Å². The van der Waals surface area contributed by atoms with Gasteiger partial charge in [0, 0.05) is 0 Å². The molecule has 4 aromatic rings. The molecule has 448 valence electrons. The average molecular weight is 1110 g/mol.